The van der Waals surface area contributed by atoms with E-state index in [1.807, 2.05) is 0 Å². The SMILES string of the molecule is CCN(Cc1ccc([N+](=O)[O-])c(F)c1)C1CCNC1. The molecular formula is C13H18FN3O2. The summed E-state index contributed by atoms with van der Waals surface area (Å²) in [7, 11) is 0. The summed E-state index contributed by atoms with van der Waals surface area (Å²) in [5.74, 6) is -0.761. The lowest BCUT2D eigenvalue weighted by atomic mass is 10.1. The van der Waals surface area contributed by atoms with Crippen LogP contribution in [0.5, 0.6) is 0 Å². The molecule has 104 valence electrons. The summed E-state index contributed by atoms with van der Waals surface area (Å²) in [6, 6.07) is 4.60. The zero-order chi connectivity index (χ0) is 13.8. The minimum absolute atomic E-state index is 0.461. The Hall–Kier alpha value is -1.53. The molecule has 6 heteroatoms. The summed E-state index contributed by atoms with van der Waals surface area (Å²) in [5, 5.41) is 13.9. The number of nitrogens with zero attached hydrogens (tertiary/aromatic N) is 2. The van der Waals surface area contributed by atoms with Gasteiger partial charge in [0, 0.05) is 25.2 Å². The molecule has 1 saturated heterocycles. The minimum atomic E-state index is -0.761. The number of nitro benzene ring substituents is 1. The molecule has 1 heterocycles. The molecule has 0 saturated carbocycles. The largest absolute Gasteiger partial charge is 0.315 e. The van der Waals surface area contributed by atoms with Crippen LogP contribution in [0.4, 0.5) is 10.1 Å². The number of halogens is 1. The minimum Gasteiger partial charge on any atom is -0.315 e. The quantitative estimate of drug-likeness (QED) is 0.654. The van der Waals surface area contributed by atoms with Gasteiger partial charge < -0.3 is 5.32 Å². The van der Waals surface area contributed by atoms with E-state index >= 15 is 0 Å². The summed E-state index contributed by atoms with van der Waals surface area (Å²) >= 11 is 0. The van der Waals surface area contributed by atoms with Gasteiger partial charge in [-0.2, -0.15) is 4.39 Å². The summed E-state index contributed by atoms with van der Waals surface area (Å²) < 4.78 is 13.6. The number of rotatable bonds is 5. The van der Waals surface area contributed by atoms with Gasteiger partial charge in [-0.3, -0.25) is 15.0 Å². The number of likely N-dealkylation sites (N-methyl/N-ethyl adjacent to an activating group) is 1. The average Bonchev–Trinajstić information content (AvgIpc) is 2.89. The smallest absolute Gasteiger partial charge is 0.304 e. The van der Waals surface area contributed by atoms with Crippen LogP contribution in [0.2, 0.25) is 0 Å². The Kier molecular flexibility index (Phi) is 4.44. The van der Waals surface area contributed by atoms with Crippen LogP contribution >= 0.6 is 0 Å². The molecule has 5 nitrogen and oxygen atoms in total. The first-order valence-corrected chi connectivity index (χ1v) is 6.49. The Balaban J connectivity index is 2.09. The molecule has 1 aromatic rings. The summed E-state index contributed by atoms with van der Waals surface area (Å²) in [4.78, 5) is 12.1. The van der Waals surface area contributed by atoms with Gasteiger partial charge >= 0.3 is 5.69 Å². The lowest BCUT2D eigenvalue weighted by Crippen LogP contribution is -2.36. The molecule has 1 aliphatic heterocycles. The maximum atomic E-state index is 13.6. The van der Waals surface area contributed by atoms with Gasteiger partial charge in [-0.1, -0.05) is 13.0 Å². The van der Waals surface area contributed by atoms with Crippen LogP contribution in [0, 0.1) is 15.9 Å². The zero-order valence-corrected chi connectivity index (χ0v) is 10.9. The molecule has 0 aliphatic carbocycles. The average molecular weight is 267 g/mol. The number of benzene rings is 1. The number of nitro groups is 1. The van der Waals surface area contributed by atoms with Crippen molar-refractivity contribution in [3.63, 3.8) is 0 Å². The predicted octanol–water partition coefficient (Wildman–Crippen LogP) is 1.92. The third kappa shape index (κ3) is 3.27. The molecule has 0 bridgehead atoms. The molecule has 19 heavy (non-hydrogen) atoms. The molecule has 1 fully saturated rings. The number of hydrogen-bond acceptors (Lipinski definition) is 4. The molecule has 0 radical (unpaired) electrons. The van der Waals surface area contributed by atoms with Crippen molar-refractivity contribution in [1.82, 2.24) is 10.2 Å². The lowest BCUT2D eigenvalue weighted by Gasteiger charge is -2.26. The lowest BCUT2D eigenvalue weighted by molar-refractivity contribution is -0.387. The maximum Gasteiger partial charge on any atom is 0.304 e. The van der Waals surface area contributed by atoms with Gasteiger partial charge in [0.05, 0.1) is 4.92 Å². The second-order valence-corrected chi connectivity index (χ2v) is 4.75. The summed E-state index contributed by atoms with van der Waals surface area (Å²) in [6.07, 6.45) is 1.09. The van der Waals surface area contributed by atoms with Crippen molar-refractivity contribution >= 4 is 5.69 Å². The molecule has 0 aromatic heterocycles. The van der Waals surface area contributed by atoms with Crippen LogP contribution in [-0.2, 0) is 6.54 Å². The molecule has 2 rings (SSSR count). The van der Waals surface area contributed by atoms with Crippen molar-refractivity contribution < 1.29 is 9.31 Å². The van der Waals surface area contributed by atoms with Crippen molar-refractivity contribution in [3.8, 4) is 0 Å². The van der Waals surface area contributed by atoms with Crippen molar-refractivity contribution in [2.75, 3.05) is 19.6 Å². The molecule has 1 atom stereocenters. The number of hydrogen-bond donors (Lipinski definition) is 1. The van der Waals surface area contributed by atoms with Gasteiger partial charge in [-0.15, -0.1) is 0 Å². The monoisotopic (exact) mass is 267 g/mol. The fourth-order valence-electron chi connectivity index (χ4n) is 2.48. The van der Waals surface area contributed by atoms with E-state index in [2.05, 4.69) is 17.1 Å². The highest BCUT2D eigenvalue weighted by atomic mass is 19.1. The van der Waals surface area contributed by atoms with Crippen LogP contribution in [-0.4, -0.2) is 35.5 Å². The fraction of sp³-hybridized carbons (Fsp3) is 0.538. The van der Waals surface area contributed by atoms with E-state index in [1.54, 1.807) is 6.07 Å². The molecule has 0 spiro atoms. The van der Waals surface area contributed by atoms with Crippen LogP contribution in [0.25, 0.3) is 0 Å². The Labute approximate surface area is 111 Å². The third-order valence-electron chi connectivity index (χ3n) is 3.55. The molecule has 0 amide bonds. The second kappa shape index (κ2) is 6.08. The highest BCUT2D eigenvalue weighted by Gasteiger charge is 2.22. The second-order valence-electron chi connectivity index (χ2n) is 4.75. The van der Waals surface area contributed by atoms with Crippen LogP contribution < -0.4 is 5.32 Å². The van der Waals surface area contributed by atoms with E-state index in [9.17, 15) is 14.5 Å². The topological polar surface area (TPSA) is 58.4 Å². The first-order chi connectivity index (χ1) is 9.11. The summed E-state index contributed by atoms with van der Waals surface area (Å²) in [6.45, 7) is 5.53. The fourth-order valence-corrected chi connectivity index (χ4v) is 2.48. The predicted molar refractivity (Wildman–Crippen MR) is 70.4 cm³/mol. The maximum absolute atomic E-state index is 13.6. The van der Waals surface area contributed by atoms with Gasteiger partial charge in [0.25, 0.3) is 0 Å². The van der Waals surface area contributed by atoms with Crippen molar-refractivity contribution in [2.24, 2.45) is 0 Å². The molecule has 1 aromatic carbocycles. The van der Waals surface area contributed by atoms with Crippen LogP contribution in [0.15, 0.2) is 18.2 Å². The molecule has 1 N–H and O–H groups in total. The van der Waals surface area contributed by atoms with Crippen molar-refractivity contribution in [1.29, 1.82) is 0 Å². The van der Waals surface area contributed by atoms with Gasteiger partial charge in [0.2, 0.25) is 5.82 Å². The Morgan fingerprint density at radius 1 is 1.58 bits per heavy atom. The van der Waals surface area contributed by atoms with Gasteiger partial charge in [0.1, 0.15) is 0 Å². The van der Waals surface area contributed by atoms with E-state index in [-0.39, 0.29) is 0 Å². The van der Waals surface area contributed by atoms with E-state index in [0.29, 0.717) is 12.6 Å². The first-order valence-electron chi connectivity index (χ1n) is 6.49. The van der Waals surface area contributed by atoms with E-state index < -0.39 is 16.4 Å². The van der Waals surface area contributed by atoms with Crippen molar-refractivity contribution in [2.45, 2.75) is 25.9 Å². The Bertz CT molecular complexity index is 461. The highest BCUT2D eigenvalue weighted by Crippen LogP contribution is 2.20. The van der Waals surface area contributed by atoms with Gasteiger partial charge in [-0.25, -0.2) is 0 Å². The molecule has 1 aliphatic rings. The van der Waals surface area contributed by atoms with Crippen molar-refractivity contribution in [3.05, 3.63) is 39.7 Å². The highest BCUT2D eigenvalue weighted by molar-refractivity contribution is 5.35. The number of nitrogens with one attached hydrogen (secondary N) is 1. The summed E-state index contributed by atoms with van der Waals surface area (Å²) in [5.41, 5.74) is 0.311. The van der Waals surface area contributed by atoms with E-state index in [1.165, 1.54) is 12.1 Å². The Morgan fingerprint density at radius 2 is 2.37 bits per heavy atom. The zero-order valence-electron chi connectivity index (χ0n) is 10.9. The van der Waals surface area contributed by atoms with E-state index in [0.717, 1.165) is 31.6 Å². The third-order valence-corrected chi connectivity index (χ3v) is 3.55. The van der Waals surface area contributed by atoms with Gasteiger partial charge in [0.15, 0.2) is 0 Å². The molecular weight excluding hydrogens is 249 g/mol. The standard InChI is InChI=1S/C13H18FN3O2/c1-2-16(11-5-6-15-8-11)9-10-3-4-13(17(18)19)12(14)7-10/h3-4,7,11,15H,2,5-6,8-9H2,1H3. The van der Waals surface area contributed by atoms with Crippen LogP contribution in [0.1, 0.15) is 18.9 Å². The molecule has 1 unspecified atom stereocenters. The van der Waals surface area contributed by atoms with Crippen LogP contribution in [0.3, 0.4) is 0 Å². The first kappa shape index (κ1) is 13.9. The van der Waals surface area contributed by atoms with Gasteiger partial charge in [-0.05, 0) is 31.1 Å². The normalized spacial score (nSPS) is 19.0. The van der Waals surface area contributed by atoms with E-state index in [4.69, 9.17) is 0 Å². The Morgan fingerprint density at radius 3 is 2.89 bits per heavy atom.